The van der Waals surface area contributed by atoms with Gasteiger partial charge in [-0.25, -0.2) is 9.59 Å². The van der Waals surface area contributed by atoms with Crippen LogP contribution in [0.15, 0.2) is 48.5 Å². The largest absolute Gasteiger partial charge is 0.460 e. The molecule has 0 bridgehead atoms. The van der Waals surface area contributed by atoms with Gasteiger partial charge in [0.2, 0.25) is 0 Å². The van der Waals surface area contributed by atoms with Crippen LogP contribution in [0.2, 0.25) is 0 Å². The number of ether oxygens (including phenoxy) is 6. The molecule has 46 heavy (non-hydrogen) atoms. The third-order valence-electron chi connectivity index (χ3n) is 7.64. The first kappa shape index (κ1) is 35.2. The average molecular weight is 631 g/mol. The van der Waals surface area contributed by atoms with E-state index in [2.05, 4.69) is 23.7 Å². The van der Waals surface area contributed by atoms with Crippen LogP contribution in [0.4, 0.5) is 0 Å². The molecule has 4 rings (SSSR count). The lowest BCUT2D eigenvalue weighted by molar-refractivity contribution is 0.00229. The SMILES string of the molecule is O=C(OCCOCCOCCOC(=O)c1ccc(COC2C#CCCCCC2)cc1)c1ccc(COC2C#CCCCCC2)cc1. The normalized spacial score (nSPS) is 17.9. The summed E-state index contributed by atoms with van der Waals surface area (Å²) in [5.74, 6) is 12.0. The molecule has 0 heterocycles. The maximum atomic E-state index is 12.3. The summed E-state index contributed by atoms with van der Waals surface area (Å²) in [5, 5.41) is 0. The first-order valence-electron chi connectivity index (χ1n) is 16.5. The predicted molar refractivity (Wildman–Crippen MR) is 174 cm³/mol. The zero-order valence-corrected chi connectivity index (χ0v) is 26.8. The zero-order chi connectivity index (χ0) is 32.1. The summed E-state index contributed by atoms with van der Waals surface area (Å²) in [4.78, 5) is 24.6. The van der Waals surface area contributed by atoms with Gasteiger partial charge in [-0.15, -0.1) is 11.8 Å². The molecule has 0 aromatic heterocycles. The Kier molecular flexibility index (Phi) is 16.2. The van der Waals surface area contributed by atoms with Gasteiger partial charge in [0.05, 0.1) is 50.8 Å². The first-order valence-corrected chi connectivity index (χ1v) is 16.5. The van der Waals surface area contributed by atoms with Crippen molar-refractivity contribution in [2.75, 3.05) is 39.6 Å². The molecule has 0 N–H and O–H groups in total. The Hall–Kier alpha value is -3.66. The van der Waals surface area contributed by atoms with E-state index in [-0.39, 0.29) is 38.6 Å². The number of benzene rings is 2. The minimum Gasteiger partial charge on any atom is -0.460 e. The molecule has 2 aliphatic carbocycles. The van der Waals surface area contributed by atoms with Gasteiger partial charge in [0.1, 0.15) is 25.4 Å². The van der Waals surface area contributed by atoms with Gasteiger partial charge in [-0.1, -0.05) is 48.9 Å². The van der Waals surface area contributed by atoms with E-state index in [1.807, 2.05) is 24.3 Å². The second kappa shape index (κ2) is 21.2. The van der Waals surface area contributed by atoms with Crippen LogP contribution in [0.3, 0.4) is 0 Å². The van der Waals surface area contributed by atoms with Crippen molar-refractivity contribution in [3.8, 4) is 23.7 Å². The van der Waals surface area contributed by atoms with Crippen LogP contribution in [0.1, 0.15) is 96.1 Å². The monoisotopic (exact) mass is 630 g/mol. The van der Waals surface area contributed by atoms with Gasteiger partial charge in [0.25, 0.3) is 0 Å². The molecule has 0 saturated heterocycles. The van der Waals surface area contributed by atoms with Crippen LogP contribution in [-0.2, 0) is 41.6 Å². The Morgan fingerprint density at radius 1 is 0.543 bits per heavy atom. The van der Waals surface area contributed by atoms with Gasteiger partial charge in [0, 0.05) is 12.8 Å². The van der Waals surface area contributed by atoms with Crippen molar-refractivity contribution in [3.63, 3.8) is 0 Å². The molecule has 0 fully saturated rings. The molecule has 0 saturated carbocycles. The van der Waals surface area contributed by atoms with E-state index >= 15 is 0 Å². The van der Waals surface area contributed by atoms with Gasteiger partial charge in [-0.3, -0.25) is 0 Å². The minimum atomic E-state index is -0.400. The summed E-state index contributed by atoms with van der Waals surface area (Å²) in [6.45, 7) is 2.40. The van der Waals surface area contributed by atoms with Gasteiger partial charge in [0.15, 0.2) is 0 Å². The number of hydrogen-bond acceptors (Lipinski definition) is 8. The molecule has 246 valence electrons. The van der Waals surface area contributed by atoms with Gasteiger partial charge >= 0.3 is 11.9 Å². The Labute approximate surface area is 273 Å². The molecule has 2 aliphatic rings. The van der Waals surface area contributed by atoms with E-state index in [1.54, 1.807) is 24.3 Å². The fourth-order valence-electron chi connectivity index (χ4n) is 4.95. The van der Waals surface area contributed by atoms with E-state index in [1.165, 1.54) is 25.7 Å². The van der Waals surface area contributed by atoms with Crippen LogP contribution in [-0.4, -0.2) is 63.8 Å². The Morgan fingerprint density at radius 2 is 0.957 bits per heavy atom. The summed E-state index contributed by atoms with van der Waals surface area (Å²) < 4.78 is 33.4. The molecule has 8 heteroatoms. The van der Waals surface area contributed by atoms with Crippen molar-refractivity contribution < 1.29 is 38.0 Å². The van der Waals surface area contributed by atoms with E-state index in [4.69, 9.17) is 28.4 Å². The van der Waals surface area contributed by atoms with E-state index in [0.29, 0.717) is 37.6 Å². The summed E-state index contributed by atoms with van der Waals surface area (Å²) >= 11 is 0. The lowest BCUT2D eigenvalue weighted by Gasteiger charge is -2.14. The van der Waals surface area contributed by atoms with E-state index < -0.39 is 11.9 Å². The third-order valence-corrected chi connectivity index (χ3v) is 7.64. The summed E-state index contributed by atoms with van der Waals surface area (Å²) in [6.07, 6.45) is 10.8. The van der Waals surface area contributed by atoms with Crippen molar-refractivity contribution in [3.05, 3.63) is 70.8 Å². The van der Waals surface area contributed by atoms with Gasteiger partial charge < -0.3 is 28.4 Å². The maximum Gasteiger partial charge on any atom is 0.338 e. The number of carbonyl (C=O) groups is 2. The predicted octanol–water partition coefficient (Wildman–Crippen LogP) is 6.44. The summed E-state index contributed by atoms with van der Waals surface area (Å²) in [7, 11) is 0. The number of carbonyl (C=O) groups excluding carboxylic acids is 2. The quantitative estimate of drug-likeness (QED) is 0.112. The maximum absolute atomic E-state index is 12.3. The topological polar surface area (TPSA) is 89.5 Å². The van der Waals surface area contributed by atoms with Crippen LogP contribution >= 0.6 is 0 Å². The molecule has 0 spiro atoms. The number of hydrogen-bond donors (Lipinski definition) is 0. The molecule has 8 nitrogen and oxygen atoms in total. The molecule has 0 amide bonds. The van der Waals surface area contributed by atoms with Crippen LogP contribution in [0, 0.1) is 23.7 Å². The highest BCUT2D eigenvalue weighted by Crippen LogP contribution is 2.15. The molecule has 2 aromatic rings. The second-order valence-corrected chi connectivity index (χ2v) is 11.3. The highest BCUT2D eigenvalue weighted by Gasteiger charge is 2.12. The minimum absolute atomic E-state index is 0.0234. The Bertz CT molecular complexity index is 1210. The van der Waals surface area contributed by atoms with E-state index in [0.717, 1.165) is 49.7 Å². The average Bonchev–Trinajstić information content (AvgIpc) is 3.05. The van der Waals surface area contributed by atoms with Crippen molar-refractivity contribution in [2.24, 2.45) is 0 Å². The molecule has 2 unspecified atom stereocenters. The zero-order valence-electron chi connectivity index (χ0n) is 26.8. The Morgan fingerprint density at radius 3 is 1.39 bits per heavy atom. The standard InChI is InChI=1S/C38H46O8/c39-37(33-19-15-31(16-20-33)29-45-35-11-7-3-1-4-8-12-35)43-27-25-41-23-24-42-26-28-44-38(40)34-21-17-32(18-22-34)30-46-36-13-9-5-2-6-10-14-36/h15-22,35-36H,1-7,9,11,13,23-30H2. The smallest absolute Gasteiger partial charge is 0.338 e. The summed E-state index contributed by atoms with van der Waals surface area (Å²) in [5.41, 5.74) is 2.94. The van der Waals surface area contributed by atoms with Crippen LogP contribution < -0.4 is 0 Å². The third kappa shape index (κ3) is 13.8. The second-order valence-electron chi connectivity index (χ2n) is 11.3. The summed E-state index contributed by atoms with van der Waals surface area (Å²) in [6, 6.07) is 14.5. The van der Waals surface area contributed by atoms with Crippen LogP contribution in [0.25, 0.3) is 0 Å². The Balaban J connectivity index is 0.987. The number of rotatable bonds is 17. The molecule has 0 aliphatic heterocycles. The number of esters is 2. The highest BCUT2D eigenvalue weighted by atomic mass is 16.6. The van der Waals surface area contributed by atoms with Crippen molar-refractivity contribution >= 4 is 11.9 Å². The van der Waals surface area contributed by atoms with Crippen LogP contribution in [0.5, 0.6) is 0 Å². The van der Waals surface area contributed by atoms with Gasteiger partial charge in [-0.05, 0) is 73.9 Å². The molecule has 2 atom stereocenters. The fourth-order valence-corrected chi connectivity index (χ4v) is 4.95. The first-order chi connectivity index (χ1) is 22.7. The van der Waals surface area contributed by atoms with Crippen molar-refractivity contribution in [2.45, 2.75) is 89.6 Å². The molecular formula is C38H46O8. The van der Waals surface area contributed by atoms with Gasteiger partial charge in [-0.2, -0.15) is 0 Å². The molecular weight excluding hydrogens is 584 g/mol. The highest BCUT2D eigenvalue weighted by molar-refractivity contribution is 5.89. The van der Waals surface area contributed by atoms with Crippen molar-refractivity contribution in [1.82, 2.24) is 0 Å². The molecule has 0 radical (unpaired) electrons. The lowest BCUT2D eigenvalue weighted by Crippen LogP contribution is -2.15. The lowest BCUT2D eigenvalue weighted by atomic mass is 10.1. The fraction of sp³-hybridized carbons (Fsp3) is 0.526. The van der Waals surface area contributed by atoms with Crippen molar-refractivity contribution in [1.29, 1.82) is 0 Å². The van der Waals surface area contributed by atoms with E-state index in [9.17, 15) is 9.59 Å². The molecule has 2 aromatic carbocycles.